The quantitative estimate of drug-likeness (QED) is 0.848. The van der Waals surface area contributed by atoms with E-state index < -0.39 is 12.5 Å². The molecule has 0 saturated carbocycles. The second-order valence-corrected chi connectivity index (χ2v) is 6.78. The van der Waals surface area contributed by atoms with Crippen LogP contribution in [0.1, 0.15) is 23.2 Å². The van der Waals surface area contributed by atoms with Gasteiger partial charge in [0.15, 0.2) is 0 Å². The number of aliphatic carboxylic acids is 1. The van der Waals surface area contributed by atoms with Crippen molar-refractivity contribution in [2.45, 2.75) is 18.9 Å². The Morgan fingerprint density at radius 1 is 1.15 bits per heavy atom. The van der Waals surface area contributed by atoms with Crippen LogP contribution < -0.4 is 9.80 Å². The van der Waals surface area contributed by atoms with Crippen LogP contribution in [0.4, 0.5) is 11.4 Å². The summed E-state index contributed by atoms with van der Waals surface area (Å²) in [6.07, 6.45) is 1.62. The number of anilines is 2. The molecule has 26 heavy (non-hydrogen) atoms. The fourth-order valence-electron chi connectivity index (χ4n) is 3.97. The molecule has 8 heteroatoms. The first kappa shape index (κ1) is 16.8. The van der Waals surface area contributed by atoms with Gasteiger partial charge in [0, 0.05) is 25.2 Å². The molecule has 1 unspecified atom stereocenters. The van der Waals surface area contributed by atoms with Crippen molar-refractivity contribution in [3.63, 3.8) is 0 Å². The van der Waals surface area contributed by atoms with E-state index in [1.165, 1.54) is 4.90 Å². The smallest absolute Gasteiger partial charge is 0.323 e. The Morgan fingerprint density at radius 2 is 1.92 bits per heavy atom. The molecule has 3 aliphatic rings. The fourth-order valence-corrected chi connectivity index (χ4v) is 3.97. The van der Waals surface area contributed by atoms with Gasteiger partial charge in [-0.1, -0.05) is 0 Å². The summed E-state index contributed by atoms with van der Waals surface area (Å²) >= 11 is 0. The van der Waals surface area contributed by atoms with Gasteiger partial charge in [-0.05, 0) is 31.0 Å². The molecule has 2 amide bonds. The van der Waals surface area contributed by atoms with Crippen LogP contribution >= 0.6 is 0 Å². The van der Waals surface area contributed by atoms with E-state index in [9.17, 15) is 19.5 Å². The number of carboxylic acids is 1. The van der Waals surface area contributed by atoms with Crippen molar-refractivity contribution in [3.8, 4) is 0 Å². The molecule has 3 aliphatic heterocycles. The van der Waals surface area contributed by atoms with Gasteiger partial charge in [0.1, 0.15) is 12.6 Å². The molecule has 0 spiro atoms. The van der Waals surface area contributed by atoms with E-state index in [2.05, 4.69) is 0 Å². The second kappa shape index (κ2) is 6.60. The van der Waals surface area contributed by atoms with Gasteiger partial charge in [0.2, 0.25) is 5.91 Å². The zero-order chi connectivity index (χ0) is 18.3. The van der Waals surface area contributed by atoms with Crippen molar-refractivity contribution < 1.29 is 24.2 Å². The molecular weight excluding hydrogens is 338 g/mol. The standard InChI is InChI=1S/C18H21N3O5/c22-16(23)11-21-15-10-12(17(24)19-6-8-26-9-7-19)3-4-13(15)20-5-1-2-14(20)18(21)25/h3-4,10,14H,1-2,5-9,11H2,(H,22,23). The largest absolute Gasteiger partial charge is 0.480 e. The maximum Gasteiger partial charge on any atom is 0.323 e. The molecule has 1 atom stereocenters. The van der Waals surface area contributed by atoms with Crippen molar-refractivity contribution in [1.29, 1.82) is 0 Å². The molecule has 0 bridgehead atoms. The number of amides is 2. The Morgan fingerprint density at radius 3 is 2.65 bits per heavy atom. The summed E-state index contributed by atoms with van der Waals surface area (Å²) in [6.45, 7) is 2.45. The molecule has 0 aromatic heterocycles. The molecule has 138 valence electrons. The number of ether oxygens (including phenoxy) is 1. The average molecular weight is 359 g/mol. The van der Waals surface area contributed by atoms with Gasteiger partial charge in [-0.2, -0.15) is 0 Å². The maximum atomic E-state index is 12.8. The van der Waals surface area contributed by atoms with E-state index in [0.717, 1.165) is 25.1 Å². The van der Waals surface area contributed by atoms with E-state index >= 15 is 0 Å². The van der Waals surface area contributed by atoms with Gasteiger partial charge in [-0.15, -0.1) is 0 Å². The number of fused-ring (bicyclic) bond motifs is 3. The zero-order valence-corrected chi connectivity index (χ0v) is 14.4. The third kappa shape index (κ3) is 2.80. The molecular formula is C18H21N3O5. The van der Waals surface area contributed by atoms with Gasteiger partial charge in [-0.25, -0.2) is 0 Å². The summed E-state index contributed by atoms with van der Waals surface area (Å²) in [5, 5.41) is 9.24. The molecule has 8 nitrogen and oxygen atoms in total. The maximum absolute atomic E-state index is 12.8. The van der Waals surface area contributed by atoms with Gasteiger partial charge in [0.25, 0.3) is 5.91 Å². The van der Waals surface area contributed by atoms with E-state index in [4.69, 9.17) is 4.74 Å². The molecule has 1 aromatic rings. The third-order valence-corrected chi connectivity index (χ3v) is 5.22. The second-order valence-electron chi connectivity index (χ2n) is 6.78. The van der Waals surface area contributed by atoms with Crippen molar-refractivity contribution in [1.82, 2.24) is 4.90 Å². The first-order valence-corrected chi connectivity index (χ1v) is 8.87. The molecule has 0 radical (unpaired) electrons. The van der Waals surface area contributed by atoms with Gasteiger partial charge >= 0.3 is 5.97 Å². The molecule has 1 N–H and O–H groups in total. The summed E-state index contributed by atoms with van der Waals surface area (Å²) < 4.78 is 5.28. The summed E-state index contributed by atoms with van der Waals surface area (Å²) in [4.78, 5) is 41.9. The fraction of sp³-hybridized carbons (Fsp3) is 0.500. The topological polar surface area (TPSA) is 90.4 Å². The van der Waals surface area contributed by atoms with Crippen LogP contribution in [-0.4, -0.2) is 73.2 Å². The number of rotatable bonds is 3. The van der Waals surface area contributed by atoms with Gasteiger partial charge < -0.3 is 19.6 Å². The van der Waals surface area contributed by atoms with Crippen LogP contribution in [0.2, 0.25) is 0 Å². The number of benzene rings is 1. The monoisotopic (exact) mass is 359 g/mol. The Balaban J connectivity index is 1.71. The van der Waals surface area contributed by atoms with Crippen LogP contribution in [0.5, 0.6) is 0 Å². The van der Waals surface area contributed by atoms with E-state index in [1.807, 2.05) is 11.0 Å². The molecule has 2 saturated heterocycles. The van der Waals surface area contributed by atoms with Crippen molar-refractivity contribution >= 4 is 29.2 Å². The highest BCUT2D eigenvalue weighted by atomic mass is 16.5. The lowest BCUT2D eigenvalue weighted by atomic mass is 10.0. The predicted molar refractivity (Wildman–Crippen MR) is 93.5 cm³/mol. The van der Waals surface area contributed by atoms with E-state index in [1.54, 1.807) is 17.0 Å². The van der Waals surface area contributed by atoms with Crippen LogP contribution in [0.15, 0.2) is 18.2 Å². The Labute approximate surface area is 150 Å². The zero-order valence-electron chi connectivity index (χ0n) is 14.4. The minimum atomic E-state index is -1.07. The van der Waals surface area contributed by atoms with Crippen LogP contribution in [0.25, 0.3) is 0 Å². The van der Waals surface area contributed by atoms with Gasteiger partial charge in [0.05, 0.1) is 24.6 Å². The van der Waals surface area contributed by atoms with Gasteiger partial charge in [-0.3, -0.25) is 19.3 Å². The third-order valence-electron chi connectivity index (χ3n) is 5.22. The van der Waals surface area contributed by atoms with Crippen LogP contribution in [0, 0.1) is 0 Å². The predicted octanol–water partition coefficient (Wildman–Crippen LogP) is 0.559. The van der Waals surface area contributed by atoms with Crippen molar-refractivity contribution in [3.05, 3.63) is 23.8 Å². The summed E-state index contributed by atoms with van der Waals surface area (Å²) in [7, 11) is 0. The Hall–Kier alpha value is -2.61. The molecule has 4 rings (SSSR count). The number of carbonyl (C=O) groups is 3. The summed E-state index contributed by atoms with van der Waals surface area (Å²) in [5.41, 5.74) is 1.80. The highest BCUT2D eigenvalue weighted by Gasteiger charge is 2.41. The lowest BCUT2D eigenvalue weighted by Crippen LogP contribution is -2.52. The molecule has 3 heterocycles. The molecule has 0 aliphatic carbocycles. The van der Waals surface area contributed by atoms with Crippen LogP contribution in [0.3, 0.4) is 0 Å². The van der Waals surface area contributed by atoms with E-state index in [-0.39, 0.29) is 17.9 Å². The number of morpholine rings is 1. The van der Waals surface area contributed by atoms with E-state index in [0.29, 0.717) is 37.6 Å². The number of hydrogen-bond donors (Lipinski definition) is 1. The minimum Gasteiger partial charge on any atom is -0.480 e. The minimum absolute atomic E-state index is 0.123. The number of hydrogen-bond acceptors (Lipinski definition) is 5. The number of nitrogens with zero attached hydrogens (tertiary/aromatic N) is 3. The highest BCUT2D eigenvalue weighted by molar-refractivity contribution is 6.09. The average Bonchev–Trinajstić information content (AvgIpc) is 3.15. The number of carboxylic acid groups (broad SMARTS) is 1. The SMILES string of the molecule is O=C(O)CN1C(=O)C2CCCN2c2ccc(C(=O)N3CCOCC3)cc21. The summed E-state index contributed by atoms with van der Waals surface area (Å²) in [6, 6.07) is 4.95. The molecule has 1 aromatic carbocycles. The highest BCUT2D eigenvalue weighted by Crippen LogP contribution is 2.40. The summed E-state index contributed by atoms with van der Waals surface area (Å²) in [5.74, 6) is -1.39. The Kier molecular flexibility index (Phi) is 4.28. The van der Waals surface area contributed by atoms with Crippen LogP contribution in [-0.2, 0) is 14.3 Å². The lowest BCUT2D eigenvalue weighted by molar-refractivity contribution is -0.136. The normalized spacial score (nSPS) is 22.2. The first-order chi connectivity index (χ1) is 12.6. The first-order valence-electron chi connectivity index (χ1n) is 8.87. The molecule has 2 fully saturated rings. The lowest BCUT2D eigenvalue weighted by Gasteiger charge is -2.39. The number of carbonyl (C=O) groups excluding carboxylic acids is 2. The van der Waals surface area contributed by atoms with Crippen molar-refractivity contribution in [2.24, 2.45) is 0 Å². The van der Waals surface area contributed by atoms with Crippen molar-refractivity contribution in [2.75, 3.05) is 49.2 Å². The Bertz CT molecular complexity index is 759.